The third kappa shape index (κ3) is 4.20. The largest absolute Gasteiger partial charge is 0.459 e. The molecule has 0 radical (unpaired) electrons. The van der Waals surface area contributed by atoms with Crippen molar-refractivity contribution < 1.29 is 14.0 Å². The molecule has 0 unspecified atom stereocenters. The Morgan fingerprint density at radius 1 is 1.22 bits per heavy atom. The van der Waals surface area contributed by atoms with E-state index in [4.69, 9.17) is 9.68 Å². The Balaban J connectivity index is 2.09. The number of anilines is 1. The summed E-state index contributed by atoms with van der Waals surface area (Å²) in [5.41, 5.74) is 0.954. The highest BCUT2D eigenvalue weighted by molar-refractivity contribution is 6.00. The Morgan fingerprint density at radius 3 is 2.61 bits per heavy atom. The summed E-state index contributed by atoms with van der Waals surface area (Å²) < 4.78 is 5.02. The highest BCUT2D eigenvalue weighted by Crippen LogP contribution is 2.12. The normalized spacial score (nSPS) is 11.6. The van der Waals surface area contributed by atoms with Crippen molar-refractivity contribution in [3.63, 3.8) is 0 Å². The van der Waals surface area contributed by atoms with Crippen LogP contribution >= 0.6 is 0 Å². The summed E-state index contributed by atoms with van der Waals surface area (Å²) in [6, 6.07) is 11.0. The minimum atomic E-state index is -0.724. The van der Waals surface area contributed by atoms with Gasteiger partial charge in [-0.05, 0) is 36.2 Å². The van der Waals surface area contributed by atoms with E-state index in [1.807, 2.05) is 19.9 Å². The van der Waals surface area contributed by atoms with Crippen LogP contribution in [0.4, 0.5) is 5.69 Å². The summed E-state index contributed by atoms with van der Waals surface area (Å²) in [6.45, 7) is 3.66. The first-order valence-electron chi connectivity index (χ1n) is 7.16. The van der Waals surface area contributed by atoms with Gasteiger partial charge in [-0.1, -0.05) is 19.9 Å². The summed E-state index contributed by atoms with van der Waals surface area (Å²) in [7, 11) is 0. The number of hydrogen-bond donors (Lipinski definition) is 2. The molecule has 2 rings (SSSR count). The van der Waals surface area contributed by atoms with Crippen LogP contribution < -0.4 is 10.6 Å². The van der Waals surface area contributed by atoms with Gasteiger partial charge in [-0.15, -0.1) is 0 Å². The molecule has 2 amide bonds. The fraction of sp³-hybridized carbons (Fsp3) is 0.235. The molecule has 1 atom stereocenters. The lowest BCUT2D eigenvalue weighted by Gasteiger charge is -2.21. The van der Waals surface area contributed by atoms with Crippen molar-refractivity contribution in [1.29, 1.82) is 5.26 Å². The fourth-order valence-corrected chi connectivity index (χ4v) is 2.04. The first-order valence-corrected chi connectivity index (χ1v) is 7.16. The van der Waals surface area contributed by atoms with Crippen LogP contribution in [0.3, 0.4) is 0 Å². The summed E-state index contributed by atoms with van der Waals surface area (Å²) >= 11 is 0. The summed E-state index contributed by atoms with van der Waals surface area (Å²) in [6.07, 6.45) is 1.40. The van der Waals surface area contributed by atoms with Crippen LogP contribution in [0.5, 0.6) is 0 Å². The lowest BCUT2D eigenvalue weighted by atomic mass is 10.0. The van der Waals surface area contributed by atoms with Crippen molar-refractivity contribution in [2.24, 2.45) is 5.92 Å². The molecule has 23 heavy (non-hydrogen) atoms. The fourth-order valence-electron chi connectivity index (χ4n) is 2.04. The lowest BCUT2D eigenvalue weighted by molar-refractivity contribution is -0.118. The highest BCUT2D eigenvalue weighted by Gasteiger charge is 2.25. The molecule has 0 saturated heterocycles. The van der Waals surface area contributed by atoms with Gasteiger partial charge < -0.3 is 15.1 Å². The number of furan rings is 1. The highest BCUT2D eigenvalue weighted by atomic mass is 16.3. The molecule has 2 N–H and O–H groups in total. The average Bonchev–Trinajstić information content (AvgIpc) is 3.06. The molecule has 0 bridgehead atoms. The molecule has 6 heteroatoms. The third-order valence-corrected chi connectivity index (χ3v) is 3.24. The Hall–Kier alpha value is -3.07. The Labute approximate surface area is 134 Å². The number of nitrogens with zero attached hydrogens (tertiary/aromatic N) is 1. The van der Waals surface area contributed by atoms with Gasteiger partial charge in [-0.25, -0.2) is 0 Å². The predicted molar refractivity (Wildman–Crippen MR) is 84.6 cm³/mol. The molecule has 0 spiro atoms. The number of amides is 2. The maximum absolute atomic E-state index is 12.4. The van der Waals surface area contributed by atoms with Gasteiger partial charge in [0.05, 0.1) is 17.9 Å². The number of benzene rings is 1. The number of nitriles is 1. The maximum Gasteiger partial charge on any atom is 0.287 e. The standard InChI is InChI=1S/C17H17N3O3/c1-11(2)15(20-16(21)14-7-4-8-23-14)17(22)19-13-6-3-5-12(9-13)10-18/h3-9,11,15H,1-2H3,(H,19,22)(H,20,21)/t15-/m0/s1. The molecule has 1 aromatic heterocycles. The topological polar surface area (TPSA) is 95.1 Å². The van der Waals surface area contributed by atoms with Crippen LogP contribution in [0.2, 0.25) is 0 Å². The number of carbonyl (C=O) groups excluding carboxylic acids is 2. The van der Waals surface area contributed by atoms with E-state index in [0.29, 0.717) is 11.3 Å². The Morgan fingerprint density at radius 2 is 2.00 bits per heavy atom. The Kier molecular flexibility index (Phi) is 5.15. The summed E-state index contributed by atoms with van der Waals surface area (Å²) in [4.78, 5) is 24.5. The Bertz CT molecular complexity index is 730. The van der Waals surface area contributed by atoms with Crippen LogP contribution in [-0.4, -0.2) is 17.9 Å². The molecular formula is C17H17N3O3. The zero-order chi connectivity index (χ0) is 16.8. The first-order chi connectivity index (χ1) is 11.0. The number of rotatable bonds is 5. The van der Waals surface area contributed by atoms with Crippen LogP contribution in [0.1, 0.15) is 30.0 Å². The monoisotopic (exact) mass is 311 g/mol. The molecule has 6 nitrogen and oxygen atoms in total. The van der Waals surface area contributed by atoms with E-state index in [0.717, 1.165) is 0 Å². The number of hydrogen-bond acceptors (Lipinski definition) is 4. The average molecular weight is 311 g/mol. The van der Waals surface area contributed by atoms with Gasteiger partial charge >= 0.3 is 0 Å². The smallest absolute Gasteiger partial charge is 0.287 e. The molecule has 2 aromatic rings. The van der Waals surface area contributed by atoms with Crippen LogP contribution in [0.25, 0.3) is 0 Å². The maximum atomic E-state index is 12.4. The zero-order valence-electron chi connectivity index (χ0n) is 12.9. The van der Waals surface area contributed by atoms with Crippen molar-refractivity contribution >= 4 is 17.5 Å². The molecular weight excluding hydrogens is 294 g/mol. The van der Waals surface area contributed by atoms with Gasteiger partial charge in [0.25, 0.3) is 5.91 Å². The molecule has 118 valence electrons. The second kappa shape index (κ2) is 7.27. The lowest BCUT2D eigenvalue weighted by Crippen LogP contribution is -2.47. The van der Waals surface area contributed by atoms with E-state index in [-0.39, 0.29) is 17.6 Å². The molecule has 1 heterocycles. The second-order valence-corrected chi connectivity index (χ2v) is 5.35. The van der Waals surface area contributed by atoms with Crippen molar-refractivity contribution in [1.82, 2.24) is 5.32 Å². The molecule has 0 saturated carbocycles. The molecule has 0 aliphatic rings. The van der Waals surface area contributed by atoms with Crippen molar-refractivity contribution in [2.75, 3.05) is 5.32 Å². The molecule has 1 aromatic carbocycles. The van der Waals surface area contributed by atoms with Crippen molar-refractivity contribution in [2.45, 2.75) is 19.9 Å². The van der Waals surface area contributed by atoms with Gasteiger partial charge in [0.15, 0.2) is 5.76 Å². The molecule has 0 aliphatic carbocycles. The van der Waals surface area contributed by atoms with Gasteiger partial charge in [0.1, 0.15) is 6.04 Å². The van der Waals surface area contributed by atoms with Gasteiger partial charge in [0, 0.05) is 5.69 Å². The van der Waals surface area contributed by atoms with Crippen molar-refractivity contribution in [3.8, 4) is 6.07 Å². The van der Waals surface area contributed by atoms with Crippen molar-refractivity contribution in [3.05, 3.63) is 54.0 Å². The SMILES string of the molecule is CC(C)[C@H](NC(=O)c1ccco1)C(=O)Nc1cccc(C#N)c1. The van der Waals surface area contributed by atoms with Crippen LogP contribution in [-0.2, 0) is 4.79 Å². The summed E-state index contributed by atoms with van der Waals surface area (Å²) in [5, 5.41) is 14.3. The molecule has 0 fully saturated rings. The third-order valence-electron chi connectivity index (χ3n) is 3.24. The number of nitrogens with one attached hydrogen (secondary N) is 2. The van der Waals surface area contributed by atoms with Gasteiger partial charge in [-0.3, -0.25) is 9.59 Å². The first kappa shape index (κ1) is 16.3. The zero-order valence-corrected chi connectivity index (χ0v) is 12.9. The minimum absolute atomic E-state index is 0.118. The summed E-state index contributed by atoms with van der Waals surface area (Å²) in [5.74, 6) is -0.771. The van der Waals surface area contributed by atoms with E-state index < -0.39 is 11.9 Å². The molecule has 0 aliphatic heterocycles. The van der Waals surface area contributed by atoms with E-state index in [2.05, 4.69) is 10.6 Å². The second-order valence-electron chi connectivity index (χ2n) is 5.35. The quantitative estimate of drug-likeness (QED) is 0.887. The van der Waals surface area contributed by atoms with Crippen LogP contribution in [0, 0.1) is 17.2 Å². The van der Waals surface area contributed by atoms with E-state index in [9.17, 15) is 9.59 Å². The minimum Gasteiger partial charge on any atom is -0.459 e. The number of carbonyl (C=O) groups is 2. The van der Waals surface area contributed by atoms with Gasteiger partial charge in [0.2, 0.25) is 5.91 Å². The van der Waals surface area contributed by atoms with E-state index in [1.165, 1.54) is 12.3 Å². The van der Waals surface area contributed by atoms with E-state index >= 15 is 0 Å². The predicted octanol–water partition coefficient (Wildman–Crippen LogP) is 2.54. The van der Waals surface area contributed by atoms with Crippen LogP contribution in [0.15, 0.2) is 47.1 Å². The van der Waals surface area contributed by atoms with E-state index in [1.54, 1.807) is 30.3 Å². The van der Waals surface area contributed by atoms with Gasteiger partial charge in [-0.2, -0.15) is 5.26 Å².